The molecular weight excluding hydrogens is 601 g/mol. The highest BCUT2D eigenvalue weighted by atomic mass is 35.5. The molecule has 0 aromatic heterocycles. The van der Waals surface area contributed by atoms with Crippen molar-refractivity contribution in [2.45, 2.75) is 76.9 Å². The lowest BCUT2D eigenvalue weighted by Crippen LogP contribution is -2.61. The Balaban J connectivity index is 1.15. The summed E-state index contributed by atoms with van der Waals surface area (Å²) in [6.45, 7) is 4.99. The lowest BCUT2D eigenvalue weighted by molar-refractivity contribution is -0.181. The second-order valence-corrected chi connectivity index (χ2v) is 14.3. The quantitative estimate of drug-likeness (QED) is 0.231. The lowest BCUT2D eigenvalue weighted by Gasteiger charge is -2.59. The van der Waals surface area contributed by atoms with Gasteiger partial charge < -0.3 is 19.8 Å². The van der Waals surface area contributed by atoms with Crippen LogP contribution in [-0.4, -0.2) is 70.9 Å². The summed E-state index contributed by atoms with van der Waals surface area (Å²) < 4.78 is 5.39. The van der Waals surface area contributed by atoms with Crippen LogP contribution in [0.25, 0.3) is 0 Å². The number of fused-ring (bicyclic) bond motifs is 5. The number of aryl methyl sites for hydroxylation is 1. The van der Waals surface area contributed by atoms with E-state index in [-0.39, 0.29) is 42.8 Å². The topological polar surface area (TPSA) is 104 Å². The van der Waals surface area contributed by atoms with Crippen LogP contribution in [0, 0.1) is 28.6 Å². The van der Waals surface area contributed by atoms with Gasteiger partial charge in [0.25, 0.3) is 0 Å². The number of nitrogens with zero attached hydrogens (tertiary/aromatic N) is 1. The Labute approximate surface area is 270 Å². The molecule has 0 saturated heterocycles. The highest BCUT2D eigenvalue weighted by Crippen LogP contribution is 2.67. The molecule has 3 saturated carbocycles. The molecule has 5 rings (SSSR count). The van der Waals surface area contributed by atoms with Crippen molar-refractivity contribution in [1.82, 2.24) is 0 Å². The van der Waals surface area contributed by atoms with E-state index in [1.807, 2.05) is 37.3 Å². The van der Waals surface area contributed by atoms with E-state index in [1.54, 1.807) is 12.2 Å². The number of rotatable bonds is 12. The van der Waals surface area contributed by atoms with Crippen molar-refractivity contribution < 1.29 is 29.3 Å². The normalized spacial score (nSPS) is 34.0. The number of ether oxygens (including phenoxy) is 1. The van der Waals surface area contributed by atoms with Crippen LogP contribution in [0.2, 0.25) is 0 Å². The van der Waals surface area contributed by atoms with Crippen LogP contribution < -0.4 is 4.90 Å². The zero-order chi connectivity index (χ0) is 31.7. The zero-order valence-corrected chi connectivity index (χ0v) is 27.3. The maximum atomic E-state index is 13.5. The van der Waals surface area contributed by atoms with E-state index in [0.717, 1.165) is 29.7 Å². The number of aliphatic hydroxyl groups is 2. The molecule has 0 amide bonds. The van der Waals surface area contributed by atoms with Gasteiger partial charge in [0.2, 0.25) is 5.78 Å². The molecule has 9 heteroatoms. The maximum absolute atomic E-state index is 13.5. The number of halogens is 2. The van der Waals surface area contributed by atoms with Gasteiger partial charge in [-0.05, 0) is 86.6 Å². The van der Waals surface area contributed by atoms with Crippen molar-refractivity contribution in [3.8, 4) is 0 Å². The number of benzene rings is 1. The number of esters is 1. The van der Waals surface area contributed by atoms with Gasteiger partial charge in [0, 0.05) is 53.7 Å². The van der Waals surface area contributed by atoms with Gasteiger partial charge in [0.15, 0.2) is 12.4 Å². The highest BCUT2D eigenvalue weighted by molar-refractivity contribution is 6.18. The number of ketones is 2. The molecule has 7 atom stereocenters. The van der Waals surface area contributed by atoms with Crippen molar-refractivity contribution in [2.75, 3.05) is 36.4 Å². The lowest BCUT2D eigenvalue weighted by atomic mass is 9.46. The summed E-state index contributed by atoms with van der Waals surface area (Å²) in [5.41, 5.74) is 0.321. The molecule has 0 aliphatic heterocycles. The van der Waals surface area contributed by atoms with Gasteiger partial charge >= 0.3 is 5.97 Å². The van der Waals surface area contributed by atoms with E-state index in [9.17, 15) is 24.6 Å². The summed E-state index contributed by atoms with van der Waals surface area (Å²) in [5, 5.41) is 23.4. The van der Waals surface area contributed by atoms with Crippen molar-refractivity contribution in [1.29, 1.82) is 0 Å². The Bertz CT molecular complexity index is 1310. The van der Waals surface area contributed by atoms with Crippen molar-refractivity contribution >= 4 is 46.4 Å². The van der Waals surface area contributed by atoms with E-state index >= 15 is 0 Å². The Morgan fingerprint density at radius 3 is 2.48 bits per heavy atom. The average molecular weight is 647 g/mol. The van der Waals surface area contributed by atoms with Crippen LogP contribution in [0.15, 0.2) is 48.1 Å². The first-order valence-corrected chi connectivity index (χ1v) is 17.0. The van der Waals surface area contributed by atoms with Crippen molar-refractivity contribution in [3.05, 3.63) is 53.6 Å². The summed E-state index contributed by atoms with van der Waals surface area (Å²) in [7, 11) is 0. The van der Waals surface area contributed by atoms with Crippen LogP contribution in [0.1, 0.15) is 64.4 Å². The standard InChI is InChI=1S/C35H45Cl2NO6/c1-33-14-12-26(39)20-24(33)8-11-27-28-13-15-35(43,34(28,2)21-29(40)32(27)33)30(41)22-44-31(42)5-3-4-23-6-9-25(10-7-23)38(18-16-36)19-17-37/h6-7,9-10,12,14,20,27-29,32,40,43H,3-5,8,11,13,15-19,21-22H2,1-2H3/t27-,28-,29+,32+,33-,34-,35+/m0/s1. The molecule has 1 aromatic carbocycles. The van der Waals surface area contributed by atoms with Crippen LogP contribution >= 0.6 is 23.2 Å². The molecule has 44 heavy (non-hydrogen) atoms. The Kier molecular flexibility index (Phi) is 10.0. The van der Waals surface area contributed by atoms with Gasteiger partial charge in [-0.1, -0.05) is 37.6 Å². The third-order valence-electron chi connectivity index (χ3n) is 11.3. The summed E-state index contributed by atoms with van der Waals surface area (Å²) in [6, 6.07) is 8.12. The van der Waals surface area contributed by atoms with Gasteiger partial charge in [0.1, 0.15) is 5.60 Å². The fourth-order valence-corrected chi connectivity index (χ4v) is 9.42. The van der Waals surface area contributed by atoms with E-state index in [2.05, 4.69) is 11.8 Å². The first kappa shape index (κ1) is 33.2. The van der Waals surface area contributed by atoms with Gasteiger partial charge in [0.05, 0.1) is 6.10 Å². The highest BCUT2D eigenvalue weighted by Gasteiger charge is 2.68. The molecule has 0 unspecified atom stereocenters. The minimum atomic E-state index is -1.66. The molecule has 1 aromatic rings. The Hall–Kier alpha value is -2.19. The van der Waals surface area contributed by atoms with Crippen LogP contribution in [0.5, 0.6) is 0 Å². The number of alkyl halides is 2. The monoisotopic (exact) mass is 645 g/mol. The van der Waals surface area contributed by atoms with Crippen LogP contribution in [-0.2, 0) is 25.5 Å². The number of Topliss-reactive ketones (excluding diaryl/α,β-unsaturated/α-hetero) is 1. The predicted octanol–water partition coefficient (Wildman–Crippen LogP) is 5.42. The van der Waals surface area contributed by atoms with Gasteiger partial charge in [-0.25, -0.2) is 0 Å². The zero-order valence-electron chi connectivity index (χ0n) is 25.8. The fraction of sp³-hybridized carbons (Fsp3) is 0.629. The number of carbonyl (C=O) groups excluding carboxylic acids is 3. The van der Waals surface area contributed by atoms with E-state index in [0.29, 0.717) is 44.1 Å². The molecule has 4 aliphatic carbocycles. The molecule has 2 N–H and O–H groups in total. The summed E-state index contributed by atoms with van der Waals surface area (Å²) in [4.78, 5) is 40.3. The average Bonchev–Trinajstić information content (AvgIpc) is 3.27. The summed E-state index contributed by atoms with van der Waals surface area (Å²) >= 11 is 11.8. The second-order valence-electron chi connectivity index (χ2n) is 13.6. The molecule has 240 valence electrons. The fourth-order valence-electron chi connectivity index (χ4n) is 9.01. The van der Waals surface area contributed by atoms with Crippen molar-refractivity contribution in [3.63, 3.8) is 0 Å². The summed E-state index contributed by atoms with van der Waals surface area (Å²) in [5.74, 6) is 0.166. The second kappa shape index (κ2) is 13.3. The maximum Gasteiger partial charge on any atom is 0.306 e. The number of hydrogen-bond donors (Lipinski definition) is 2. The SMILES string of the molecule is C[C@]12C=CC(=O)C=C1CC[C@@H]1[C@@H]2[C@H](O)C[C@@]2(C)[C@H]1CC[C@@]2(O)C(=O)COC(=O)CCCc1ccc(N(CCCl)CCCl)cc1. The van der Waals surface area contributed by atoms with Gasteiger partial charge in [-0.3, -0.25) is 14.4 Å². The summed E-state index contributed by atoms with van der Waals surface area (Å²) in [6.07, 6.45) is 8.81. The van der Waals surface area contributed by atoms with Crippen molar-refractivity contribution in [2.24, 2.45) is 28.6 Å². The molecule has 0 heterocycles. The van der Waals surface area contributed by atoms with Crippen LogP contribution in [0.4, 0.5) is 5.69 Å². The largest absolute Gasteiger partial charge is 0.458 e. The molecule has 7 nitrogen and oxygen atoms in total. The van der Waals surface area contributed by atoms with Crippen LogP contribution in [0.3, 0.4) is 0 Å². The predicted molar refractivity (Wildman–Crippen MR) is 172 cm³/mol. The number of hydrogen-bond acceptors (Lipinski definition) is 7. The van der Waals surface area contributed by atoms with Gasteiger partial charge in [-0.2, -0.15) is 0 Å². The molecule has 0 radical (unpaired) electrons. The number of anilines is 1. The first-order valence-electron chi connectivity index (χ1n) is 16.0. The number of allylic oxidation sites excluding steroid dienone is 4. The number of carbonyl (C=O) groups is 3. The molecule has 3 fully saturated rings. The third-order valence-corrected chi connectivity index (χ3v) is 11.7. The number of aliphatic hydroxyl groups excluding tert-OH is 1. The first-order chi connectivity index (χ1) is 21.0. The smallest absolute Gasteiger partial charge is 0.306 e. The molecule has 0 spiro atoms. The van der Waals surface area contributed by atoms with E-state index in [1.165, 1.54) is 0 Å². The minimum absolute atomic E-state index is 0.0103. The molecule has 4 aliphatic rings. The van der Waals surface area contributed by atoms with E-state index < -0.39 is 40.9 Å². The Morgan fingerprint density at radius 2 is 1.80 bits per heavy atom. The Morgan fingerprint density at radius 1 is 1.09 bits per heavy atom. The minimum Gasteiger partial charge on any atom is -0.458 e. The molecular formula is C35H45Cl2NO6. The molecule has 0 bridgehead atoms. The third kappa shape index (κ3) is 6.02. The van der Waals surface area contributed by atoms with E-state index in [4.69, 9.17) is 27.9 Å². The van der Waals surface area contributed by atoms with Gasteiger partial charge in [-0.15, -0.1) is 23.2 Å².